The van der Waals surface area contributed by atoms with Crippen LogP contribution in [0.2, 0.25) is 0 Å². The van der Waals surface area contributed by atoms with Crippen molar-refractivity contribution >= 4 is 5.91 Å². The summed E-state index contributed by atoms with van der Waals surface area (Å²) in [6.07, 6.45) is 1.51. The fraction of sp³-hybridized carbons (Fsp3) is 0.267. The minimum Gasteiger partial charge on any atom is -0.492 e. The summed E-state index contributed by atoms with van der Waals surface area (Å²) in [5.41, 5.74) is 1.71. The standard InChI is InChI=1S/C15H17NO3/c1-11-4-3-5-13(10-11)19-9-7-16-15(17)14-6-8-18-12(14)2/h3-6,8,10H,7,9H2,1-2H3,(H,16,17). The smallest absolute Gasteiger partial charge is 0.254 e. The molecule has 1 aromatic carbocycles. The van der Waals surface area contributed by atoms with Crippen LogP contribution in [0.3, 0.4) is 0 Å². The minimum atomic E-state index is -0.140. The molecular formula is C15H17NO3. The fourth-order valence-corrected chi connectivity index (χ4v) is 1.75. The van der Waals surface area contributed by atoms with E-state index in [0.29, 0.717) is 24.5 Å². The molecule has 1 amide bonds. The van der Waals surface area contributed by atoms with Gasteiger partial charge in [0, 0.05) is 0 Å². The molecule has 0 radical (unpaired) electrons. The van der Waals surface area contributed by atoms with E-state index in [-0.39, 0.29) is 5.91 Å². The number of amides is 1. The zero-order valence-corrected chi connectivity index (χ0v) is 11.1. The molecule has 0 aliphatic carbocycles. The van der Waals surface area contributed by atoms with Crippen molar-refractivity contribution in [3.05, 3.63) is 53.5 Å². The van der Waals surface area contributed by atoms with E-state index < -0.39 is 0 Å². The van der Waals surface area contributed by atoms with E-state index in [2.05, 4.69) is 5.32 Å². The van der Waals surface area contributed by atoms with Gasteiger partial charge in [-0.15, -0.1) is 0 Å². The Bertz CT molecular complexity index is 560. The van der Waals surface area contributed by atoms with Crippen LogP contribution < -0.4 is 10.1 Å². The summed E-state index contributed by atoms with van der Waals surface area (Å²) >= 11 is 0. The second kappa shape index (κ2) is 6.09. The van der Waals surface area contributed by atoms with Gasteiger partial charge in [0.25, 0.3) is 5.91 Å². The van der Waals surface area contributed by atoms with Crippen LogP contribution >= 0.6 is 0 Å². The van der Waals surface area contributed by atoms with Gasteiger partial charge in [0.2, 0.25) is 0 Å². The fourth-order valence-electron chi connectivity index (χ4n) is 1.75. The van der Waals surface area contributed by atoms with E-state index in [0.717, 1.165) is 11.3 Å². The van der Waals surface area contributed by atoms with Crippen LogP contribution in [-0.4, -0.2) is 19.1 Å². The van der Waals surface area contributed by atoms with Gasteiger partial charge < -0.3 is 14.5 Å². The molecule has 1 aromatic heterocycles. The van der Waals surface area contributed by atoms with E-state index >= 15 is 0 Å². The number of nitrogens with one attached hydrogen (secondary N) is 1. The number of carbonyl (C=O) groups excluding carboxylic acids is 1. The van der Waals surface area contributed by atoms with E-state index in [1.54, 1.807) is 13.0 Å². The summed E-state index contributed by atoms with van der Waals surface area (Å²) in [7, 11) is 0. The molecule has 0 saturated carbocycles. The van der Waals surface area contributed by atoms with Crippen molar-refractivity contribution in [3.63, 3.8) is 0 Å². The summed E-state index contributed by atoms with van der Waals surface area (Å²) in [5, 5.41) is 2.79. The summed E-state index contributed by atoms with van der Waals surface area (Å²) in [6, 6.07) is 9.47. The third kappa shape index (κ3) is 3.61. The first kappa shape index (κ1) is 13.2. The van der Waals surface area contributed by atoms with Crippen molar-refractivity contribution in [2.45, 2.75) is 13.8 Å². The molecule has 0 unspecified atom stereocenters. The molecule has 4 heteroatoms. The largest absolute Gasteiger partial charge is 0.492 e. The predicted molar refractivity (Wildman–Crippen MR) is 72.5 cm³/mol. The lowest BCUT2D eigenvalue weighted by atomic mass is 10.2. The highest BCUT2D eigenvalue weighted by molar-refractivity contribution is 5.94. The maximum atomic E-state index is 11.8. The van der Waals surface area contributed by atoms with E-state index in [4.69, 9.17) is 9.15 Å². The van der Waals surface area contributed by atoms with Crippen molar-refractivity contribution < 1.29 is 13.9 Å². The average molecular weight is 259 g/mol. The predicted octanol–water partition coefficient (Wildman–Crippen LogP) is 2.71. The van der Waals surface area contributed by atoms with Crippen molar-refractivity contribution in [2.24, 2.45) is 0 Å². The van der Waals surface area contributed by atoms with Gasteiger partial charge in [0.15, 0.2) is 0 Å². The molecule has 4 nitrogen and oxygen atoms in total. The highest BCUT2D eigenvalue weighted by atomic mass is 16.5. The molecule has 0 spiro atoms. The van der Waals surface area contributed by atoms with Crippen molar-refractivity contribution in [3.8, 4) is 5.75 Å². The Morgan fingerprint density at radius 3 is 2.84 bits per heavy atom. The second-order valence-electron chi connectivity index (χ2n) is 4.31. The van der Waals surface area contributed by atoms with Gasteiger partial charge in [-0.1, -0.05) is 12.1 Å². The van der Waals surface area contributed by atoms with Crippen LogP contribution in [0.4, 0.5) is 0 Å². The first-order chi connectivity index (χ1) is 9.16. The lowest BCUT2D eigenvalue weighted by Gasteiger charge is -2.08. The Labute approximate surface area is 112 Å². The second-order valence-corrected chi connectivity index (χ2v) is 4.31. The highest BCUT2D eigenvalue weighted by Crippen LogP contribution is 2.12. The molecule has 0 atom stereocenters. The summed E-state index contributed by atoms with van der Waals surface area (Å²) in [4.78, 5) is 11.8. The lowest BCUT2D eigenvalue weighted by molar-refractivity contribution is 0.0945. The monoisotopic (exact) mass is 259 g/mol. The maximum Gasteiger partial charge on any atom is 0.254 e. The van der Waals surface area contributed by atoms with Crippen molar-refractivity contribution in [1.82, 2.24) is 5.32 Å². The number of hydrogen-bond donors (Lipinski definition) is 1. The number of aryl methyl sites for hydroxylation is 2. The molecule has 0 aliphatic rings. The molecule has 19 heavy (non-hydrogen) atoms. The summed E-state index contributed by atoms with van der Waals surface area (Å²) in [6.45, 7) is 4.66. The molecule has 0 fully saturated rings. The van der Waals surface area contributed by atoms with Crippen LogP contribution in [0.25, 0.3) is 0 Å². The minimum absolute atomic E-state index is 0.140. The molecule has 2 aromatic rings. The zero-order valence-electron chi connectivity index (χ0n) is 11.1. The Balaban J connectivity index is 1.75. The van der Waals surface area contributed by atoms with Crippen LogP contribution in [0.1, 0.15) is 21.7 Å². The van der Waals surface area contributed by atoms with Crippen LogP contribution in [-0.2, 0) is 0 Å². The van der Waals surface area contributed by atoms with Gasteiger partial charge in [0.05, 0.1) is 18.4 Å². The van der Waals surface area contributed by atoms with E-state index in [9.17, 15) is 4.79 Å². The molecule has 0 bridgehead atoms. The van der Waals surface area contributed by atoms with Gasteiger partial charge in [-0.25, -0.2) is 0 Å². The number of hydrogen-bond acceptors (Lipinski definition) is 3. The van der Waals surface area contributed by atoms with Gasteiger partial charge in [-0.2, -0.15) is 0 Å². The third-order valence-corrected chi connectivity index (χ3v) is 2.75. The normalized spacial score (nSPS) is 10.2. The molecular weight excluding hydrogens is 242 g/mol. The van der Waals surface area contributed by atoms with Crippen molar-refractivity contribution in [2.75, 3.05) is 13.2 Å². The van der Waals surface area contributed by atoms with Gasteiger partial charge in [0.1, 0.15) is 18.1 Å². The lowest BCUT2D eigenvalue weighted by Crippen LogP contribution is -2.28. The molecule has 0 aliphatic heterocycles. The summed E-state index contributed by atoms with van der Waals surface area (Å²) in [5.74, 6) is 1.30. The molecule has 2 rings (SSSR count). The maximum absolute atomic E-state index is 11.8. The van der Waals surface area contributed by atoms with E-state index in [1.165, 1.54) is 6.26 Å². The first-order valence-corrected chi connectivity index (χ1v) is 6.18. The number of rotatable bonds is 5. The van der Waals surface area contributed by atoms with Gasteiger partial charge in [-0.05, 0) is 37.6 Å². The van der Waals surface area contributed by atoms with Crippen LogP contribution in [0.5, 0.6) is 5.75 Å². The Hall–Kier alpha value is -2.23. The molecule has 1 heterocycles. The Morgan fingerprint density at radius 1 is 1.32 bits per heavy atom. The van der Waals surface area contributed by atoms with Gasteiger partial charge >= 0.3 is 0 Å². The quantitative estimate of drug-likeness (QED) is 0.840. The molecule has 100 valence electrons. The highest BCUT2D eigenvalue weighted by Gasteiger charge is 2.10. The number of carbonyl (C=O) groups is 1. The van der Waals surface area contributed by atoms with Crippen LogP contribution in [0.15, 0.2) is 41.0 Å². The van der Waals surface area contributed by atoms with Crippen molar-refractivity contribution in [1.29, 1.82) is 0 Å². The number of ether oxygens (including phenoxy) is 1. The molecule has 0 saturated heterocycles. The first-order valence-electron chi connectivity index (χ1n) is 6.18. The Kier molecular flexibility index (Phi) is 4.23. The average Bonchev–Trinajstić information content (AvgIpc) is 2.81. The van der Waals surface area contributed by atoms with Gasteiger partial charge in [-0.3, -0.25) is 4.79 Å². The molecule has 1 N–H and O–H groups in total. The SMILES string of the molecule is Cc1cccc(OCCNC(=O)c2ccoc2C)c1. The number of furan rings is 1. The van der Waals surface area contributed by atoms with Crippen LogP contribution in [0, 0.1) is 13.8 Å². The van der Waals surface area contributed by atoms with E-state index in [1.807, 2.05) is 31.2 Å². The summed E-state index contributed by atoms with van der Waals surface area (Å²) < 4.78 is 10.6. The zero-order chi connectivity index (χ0) is 13.7. The Morgan fingerprint density at radius 2 is 2.16 bits per heavy atom. The third-order valence-electron chi connectivity index (χ3n) is 2.75. The number of benzene rings is 1. The topological polar surface area (TPSA) is 51.5 Å².